The van der Waals surface area contributed by atoms with Crippen LogP contribution in [0.3, 0.4) is 0 Å². The zero-order chi connectivity index (χ0) is 31.1. The second-order valence-corrected chi connectivity index (χ2v) is 11.0. The Morgan fingerprint density at radius 3 is 2.15 bits per heavy atom. The third-order valence-corrected chi connectivity index (χ3v) is 6.28. The lowest BCUT2D eigenvalue weighted by atomic mass is 10.0. The average Bonchev–Trinajstić information content (AvgIpc) is 2.88. The molecule has 1 aliphatic rings. The molecule has 1 aromatic carbocycles. The van der Waals surface area contributed by atoms with E-state index in [2.05, 4.69) is 0 Å². The molecule has 0 aliphatic carbocycles. The molecule has 0 radical (unpaired) electrons. The van der Waals surface area contributed by atoms with Gasteiger partial charge in [-0.1, -0.05) is 0 Å². The van der Waals surface area contributed by atoms with Crippen LogP contribution in [0, 0.1) is 10.1 Å². The molecule has 41 heavy (non-hydrogen) atoms. The van der Waals surface area contributed by atoms with Crippen LogP contribution in [-0.2, 0) is 23.8 Å². The van der Waals surface area contributed by atoms with Crippen molar-refractivity contribution in [2.75, 3.05) is 26.3 Å². The van der Waals surface area contributed by atoms with E-state index in [0.29, 0.717) is 19.4 Å². The fraction of sp³-hybridized carbons (Fsp3) is 0.643. The number of esters is 2. The Balaban J connectivity index is 2.41. The Labute approximate surface area is 240 Å². The molecule has 1 aromatic rings. The first-order valence-corrected chi connectivity index (χ1v) is 13.7. The number of rotatable bonds is 10. The van der Waals surface area contributed by atoms with Crippen LogP contribution in [0.2, 0.25) is 0 Å². The largest absolute Gasteiger partial charge is 0.463 e. The number of amides is 2. The van der Waals surface area contributed by atoms with Crippen LogP contribution < -0.4 is 4.74 Å². The summed E-state index contributed by atoms with van der Waals surface area (Å²) in [6.07, 6.45) is 0.805. The quantitative estimate of drug-likeness (QED) is 0.130. The maximum atomic E-state index is 13.7. The summed E-state index contributed by atoms with van der Waals surface area (Å²) in [7, 11) is 0. The van der Waals surface area contributed by atoms with Crippen molar-refractivity contribution < 1.29 is 43.0 Å². The highest BCUT2D eigenvalue weighted by Gasteiger charge is 2.48. The van der Waals surface area contributed by atoms with Crippen molar-refractivity contribution in [1.29, 1.82) is 0 Å². The van der Waals surface area contributed by atoms with Crippen LogP contribution in [0.5, 0.6) is 5.75 Å². The molecule has 2 rings (SSSR count). The van der Waals surface area contributed by atoms with Gasteiger partial charge in [-0.15, -0.1) is 0 Å². The van der Waals surface area contributed by atoms with Gasteiger partial charge in [0.2, 0.25) is 0 Å². The smallest absolute Gasteiger partial charge is 0.410 e. The summed E-state index contributed by atoms with van der Waals surface area (Å²) in [6.45, 7) is 13.7. The first kappa shape index (κ1) is 33.3. The van der Waals surface area contributed by atoms with Crippen LogP contribution in [-0.4, -0.2) is 88.3 Å². The van der Waals surface area contributed by atoms with Crippen LogP contribution in [0.4, 0.5) is 10.5 Å². The number of likely N-dealkylation sites (tertiary alicyclic amines) is 1. The summed E-state index contributed by atoms with van der Waals surface area (Å²) in [5.74, 6) is -3.05. The second kappa shape index (κ2) is 13.6. The molecule has 13 heteroatoms. The molecule has 0 N–H and O–H groups in total. The summed E-state index contributed by atoms with van der Waals surface area (Å²) < 4.78 is 21.0. The zero-order valence-corrected chi connectivity index (χ0v) is 25.1. The number of nitro benzene ring substituents is 1. The molecule has 0 unspecified atom stereocenters. The van der Waals surface area contributed by atoms with Gasteiger partial charge in [0.15, 0.2) is 5.75 Å². The minimum Gasteiger partial charge on any atom is -0.463 e. The Kier molecular flexibility index (Phi) is 11.1. The van der Waals surface area contributed by atoms with Gasteiger partial charge in [0, 0.05) is 30.8 Å². The van der Waals surface area contributed by atoms with Gasteiger partial charge in [-0.25, -0.2) is 14.4 Å². The molecule has 1 atom stereocenters. The number of hydrogen-bond donors (Lipinski definition) is 0. The normalized spacial score (nSPS) is 15.6. The van der Waals surface area contributed by atoms with E-state index >= 15 is 0 Å². The lowest BCUT2D eigenvalue weighted by Crippen LogP contribution is -2.54. The van der Waals surface area contributed by atoms with Gasteiger partial charge < -0.3 is 28.7 Å². The van der Waals surface area contributed by atoms with E-state index in [1.54, 1.807) is 30.6 Å². The van der Waals surface area contributed by atoms with Crippen molar-refractivity contribution in [3.63, 3.8) is 0 Å². The van der Waals surface area contributed by atoms with Gasteiger partial charge in [0.25, 0.3) is 11.5 Å². The van der Waals surface area contributed by atoms with E-state index in [1.165, 1.54) is 19.9 Å². The SMILES string of the molecule is CCOC(=O)C(C)(Oc1ccc(C(=O)N(C(C)C)[C@@H]2CCCN(C(=O)OC(C)(C)C)C2)cc1[N+](=O)[O-])C(=O)OCC. The molecular formula is C28H41N3O10. The number of ether oxygens (including phenoxy) is 4. The molecule has 1 fully saturated rings. The van der Waals surface area contributed by atoms with Crippen LogP contribution in [0.15, 0.2) is 18.2 Å². The van der Waals surface area contributed by atoms with Gasteiger partial charge in [-0.05, 0) is 80.4 Å². The van der Waals surface area contributed by atoms with E-state index in [-0.39, 0.29) is 37.4 Å². The van der Waals surface area contributed by atoms with E-state index in [9.17, 15) is 29.3 Å². The molecule has 0 saturated carbocycles. The fourth-order valence-electron chi connectivity index (χ4n) is 4.45. The van der Waals surface area contributed by atoms with Crippen LogP contribution in [0.25, 0.3) is 0 Å². The second-order valence-electron chi connectivity index (χ2n) is 11.0. The van der Waals surface area contributed by atoms with Crippen molar-refractivity contribution in [3.05, 3.63) is 33.9 Å². The first-order chi connectivity index (χ1) is 19.0. The van der Waals surface area contributed by atoms with Crippen LogP contribution in [0.1, 0.15) is 78.6 Å². The molecule has 1 saturated heterocycles. The number of hydrogen-bond acceptors (Lipinski definition) is 10. The minimum atomic E-state index is -2.32. The van der Waals surface area contributed by atoms with Crippen molar-refractivity contribution in [2.24, 2.45) is 0 Å². The Morgan fingerprint density at radius 2 is 1.66 bits per heavy atom. The van der Waals surface area contributed by atoms with E-state index in [0.717, 1.165) is 19.1 Å². The topological polar surface area (TPSA) is 155 Å². The minimum absolute atomic E-state index is 0.00103. The fourth-order valence-corrected chi connectivity index (χ4v) is 4.45. The van der Waals surface area contributed by atoms with E-state index in [4.69, 9.17) is 18.9 Å². The number of carbonyl (C=O) groups excluding carboxylic acids is 4. The number of carbonyl (C=O) groups is 4. The van der Waals surface area contributed by atoms with Gasteiger partial charge >= 0.3 is 23.7 Å². The molecule has 0 spiro atoms. The molecule has 2 amide bonds. The highest BCUT2D eigenvalue weighted by molar-refractivity contribution is 6.03. The predicted molar refractivity (Wildman–Crippen MR) is 148 cm³/mol. The van der Waals surface area contributed by atoms with Gasteiger partial charge in [0.05, 0.1) is 24.2 Å². The summed E-state index contributed by atoms with van der Waals surface area (Å²) in [4.78, 5) is 66.1. The van der Waals surface area contributed by atoms with Crippen molar-refractivity contribution in [2.45, 2.75) is 91.5 Å². The first-order valence-electron chi connectivity index (χ1n) is 13.7. The molecule has 13 nitrogen and oxygen atoms in total. The Morgan fingerprint density at radius 1 is 1.07 bits per heavy atom. The Hall–Kier alpha value is -3.90. The molecular weight excluding hydrogens is 538 g/mol. The van der Waals surface area contributed by atoms with Gasteiger partial charge in [0.1, 0.15) is 5.60 Å². The summed E-state index contributed by atoms with van der Waals surface area (Å²) in [5.41, 5.74) is -3.62. The van der Waals surface area contributed by atoms with E-state index < -0.39 is 51.5 Å². The molecule has 1 heterocycles. The number of nitro groups is 1. The maximum absolute atomic E-state index is 13.7. The highest BCUT2D eigenvalue weighted by Crippen LogP contribution is 2.33. The Bertz CT molecular complexity index is 1130. The molecule has 228 valence electrons. The summed E-state index contributed by atoms with van der Waals surface area (Å²) >= 11 is 0. The van der Waals surface area contributed by atoms with Gasteiger partial charge in [-0.3, -0.25) is 14.9 Å². The summed E-state index contributed by atoms with van der Waals surface area (Å²) in [5, 5.41) is 12.0. The van der Waals surface area contributed by atoms with Crippen LogP contribution >= 0.6 is 0 Å². The number of nitrogens with zero attached hydrogens (tertiary/aromatic N) is 3. The monoisotopic (exact) mass is 579 g/mol. The predicted octanol–water partition coefficient (Wildman–Crippen LogP) is 4.11. The zero-order valence-electron chi connectivity index (χ0n) is 25.1. The third-order valence-electron chi connectivity index (χ3n) is 6.28. The highest BCUT2D eigenvalue weighted by atomic mass is 16.6. The lowest BCUT2D eigenvalue weighted by molar-refractivity contribution is -0.386. The van der Waals surface area contributed by atoms with Crippen molar-refractivity contribution in [1.82, 2.24) is 9.80 Å². The third kappa shape index (κ3) is 8.30. The number of benzene rings is 1. The van der Waals surface area contributed by atoms with Crippen molar-refractivity contribution in [3.8, 4) is 5.75 Å². The van der Waals surface area contributed by atoms with Crippen molar-refractivity contribution >= 4 is 29.6 Å². The standard InChI is InChI=1S/C28H41N3O10/c1-9-38-24(33)28(8,25(34)39-10-2)40-22-14-13-19(16-21(22)31(36)37)23(32)30(18(3)4)20-12-11-15-29(17-20)26(35)41-27(5,6)7/h13-14,16,18,20H,9-12,15,17H2,1-8H3/t20-/m1/s1. The number of piperidine rings is 1. The summed E-state index contributed by atoms with van der Waals surface area (Å²) in [6, 6.07) is 2.88. The van der Waals surface area contributed by atoms with E-state index in [1.807, 2.05) is 13.8 Å². The molecule has 0 bridgehead atoms. The molecule has 1 aliphatic heterocycles. The molecule has 0 aromatic heterocycles. The van der Waals surface area contributed by atoms with Gasteiger partial charge in [-0.2, -0.15) is 0 Å². The average molecular weight is 580 g/mol. The maximum Gasteiger partial charge on any atom is 0.410 e. The lowest BCUT2D eigenvalue weighted by Gasteiger charge is -2.41.